The fourth-order valence-corrected chi connectivity index (χ4v) is 6.17. The van der Waals surface area contributed by atoms with Crippen LogP contribution in [0.2, 0.25) is 0 Å². The number of β-amino-alcohol motifs (C(OH)–C–C–N with tert-alkyl or cyclic N) is 1. The number of sulfonamides is 1. The second-order valence-corrected chi connectivity index (χ2v) is 9.10. The molecule has 1 aromatic carbocycles. The Balaban J connectivity index is 1.90. The molecule has 3 N–H and O–H groups in total. The van der Waals surface area contributed by atoms with Crippen LogP contribution in [0.4, 0.5) is 5.69 Å². The second kappa shape index (κ2) is 4.67. The van der Waals surface area contributed by atoms with Crippen LogP contribution < -0.4 is 5.73 Å². The number of anilines is 1. The van der Waals surface area contributed by atoms with Gasteiger partial charge in [0.15, 0.2) is 0 Å². The van der Waals surface area contributed by atoms with Crippen LogP contribution >= 0.6 is 31.9 Å². The van der Waals surface area contributed by atoms with Gasteiger partial charge in [-0.15, -0.1) is 0 Å². The van der Waals surface area contributed by atoms with Crippen molar-refractivity contribution in [2.24, 2.45) is 5.92 Å². The summed E-state index contributed by atoms with van der Waals surface area (Å²) in [6.45, 7) is 0.309. The van der Waals surface area contributed by atoms with E-state index in [1.165, 1.54) is 4.31 Å². The Hall–Kier alpha value is -0.150. The second-order valence-electron chi connectivity index (χ2n) is 5.46. The molecule has 20 heavy (non-hydrogen) atoms. The topological polar surface area (TPSA) is 83.6 Å². The first-order valence-electron chi connectivity index (χ1n) is 6.21. The maximum absolute atomic E-state index is 12.6. The predicted octanol–water partition coefficient (Wildman–Crippen LogP) is 1.94. The van der Waals surface area contributed by atoms with Gasteiger partial charge in [0.05, 0.1) is 11.3 Å². The van der Waals surface area contributed by atoms with Crippen LogP contribution in [0.3, 0.4) is 0 Å². The molecule has 0 radical (unpaired) electrons. The van der Waals surface area contributed by atoms with Crippen molar-refractivity contribution in [2.45, 2.75) is 23.3 Å². The highest BCUT2D eigenvalue weighted by molar-refractivity contribution is 9.11. The third-order valence-corrected chi connectivity index (χ3v) is 7.13. The Morgan fingerprint density at radius 1 is 1.30 bits per heavy atom. The minimum atomic E-state index is -3.68. The van der Waals surface area contributed by atoms with Gasteiger partial charge in [0.1, 0.15) is 4.90 Å². The first kappa shape index (κ1) is 14.8. The van der Waals surface area contributed by atoms with Gasteiger partial charge in [-0.25, -0.2) is 8.42 Å². The number of hydrogen-bond acceptors (Lipinski definition) is 4. The van der Waals surface area contributed by atoms with Crippen molar-refractivity contribution in [1.29, 1.82) is 0 Å². The maximum Gasteiger partial charge on any atom is 0.246 e. The van der Waals surface area contributed by atoms with E-state index in [1.54, 1.807) is 12.1 Å². The molecule has 2 fully saturated rings. The molecule has 0 aromatic heterocycles. The van der Waals surface area contributed by atoms with E-state index in [4.69, 9.17) is 5.73 Å². The highest BCUT2D eigenvalue weighted by Gasteiger charge is 2.55. The summed E-state index contributed by atoms with van der Waals surface area (Å²) in [5.41, 5.74) is 5.18. The molecular formula is C12H14Br2N2O3S. The summed E-state index contributed by atoms with van der Waals surface area (Å²) < 4.78 is 27.6. The molecule has 0 unspecified atom stereocenters. The molecule has 5 nitrogen and oxygen atoms in total. The van der Waals surface area contributed by atoms with Crippen LogP contribution in [0.1, 0.15) is 12.8 Å². The molecular weight excluding hydrogens is 412 g/mol. The molecule has 1 saturated heterocycles. The van der Waals surface area contributed by atoms with Gasteiger partial charge in [-0.2, -0.15) is 4.31 Å². The molecule has 1 heterocycles. The number of nitrogen functional groups attached to an aromatic ring is 1. The summed E-state index contributed by atoms with van der Waals surface area (Å²) in [6.07, 6.45) is 1.96. The van der Waals surface area contributed by atoms with E-state index in [2.05, 4.69) is 31.9 Å². The van der Waals surface area contributed by atoms with E-state index < -0.39 is 15.6 Å². The summed E-state index contributed by atoms with van der Waals surface area (Å²) in [5.74, 6) is 0.250. The molecule has 0 spiro atoms. The first-order valence-corrected chi connectivity index (χ1v) is 9.24. The average Bonchev–Trinajstić information content (AvgIpc) is 3.06. The third-order valence-electron chi connectivity index (χ3n) is 3.87. The molecule has 3 rings (SSSR count). The van der Waals surface area contributed by atoms with Gasteiger partial charge in [0.25, 0.3) is 0 Å². The Labute approximate surface area is 134 Å². The smallest absolute Gasteiger partial charge is 0.246 e. The van der Waals surface area contributed by atoms with Crippen LogP contribution in [0.5, 0.6) is 0 Å². The molecule has 0 bridgehead atoms. The molecule has 1 aliphatic heterocycles. The highest BCUT2D eigenvalue weighted by atomic mass is 79.9. The molecule has 1 aliphatic carbocycles. The van der Waals surface area contributed by atoms with Crippen LogP contribution in [0.25, 0.3) is 0 Å². The molecule has 1 saturated carbocycles. The Morgan fingerprint density at radius 3 is 2.40 bits per heavy atom. The Kier molecular flexibility index (Phi) is 3.45. The highest BCUT2D eigenvalue weighted by Crippen LogP contribution is 2.46. The predicted molar refractivity (Wildman–Crippen MR) is 82.7 cm³/mol. The van der Waals surface area contributed by atoms with E-state index in [9.17, 15) is 13.5 Å². The number of nitrogens with two attached hydrogens (primary N) is 1. The number of hydrogen-bond donors (Lipinski definition) is 2. The van der Waals surface area contributed by atoms with E-state index >= 15 is 0 Å². The lowest BCUT2D eigenvalue weighted by Gasteiger charge is -2.45. The SMILES string of the molecule is Nc1cc(Br)cc(Br)c1S(=O)(=O)N1CC(O)(C2CC2)C1. The van der Waals surface area contributed by atoms with Crippen molar-refractivity contribution in [3.63, 3.8) is 0 Å². The number of halogens is 2. The van der Waals surface area contributed by atoms with E-state index in [0.717, 1.165) is 12.8 Å². The first-order chi connectivity index (χ1) is 9.24. The molecule has 8 heteroatoms. The molecule has 0 atom stereocenters. The van der Waals surface area contributed by atoms with Crippen molar-refractivity contribution in [1.82, 2.24) is 4.31 Å². The maximum atomic E-state index is 12.6. The quantitative estimate of drug-likeness (QED) is 0.724. The van der Waals surface area contributed by atoms with Gasteiger partial charge < -0.3 is 10.8 Å². The number of aliphatic hydroxyl groups is 1. The third kappa shape index (κ3) is 2.31. The lowest BCUT2D eigenvalue weighted by Crippen LogP contribution is -2.64. The van der Waals surface area contributed by atoms with Crippen LogP contribution in [0.15, 0.2) is 26.0 Å². The van der Waals surface area contributed by atoms with Gasteiger partial charge >= 0.3 is 0 Å². The summed E-state index contributed by atoms with van der Waals surface area (Å²) in [6, 6.07) is 3.21. The van der Waals surface area contributed by atoms with Gasteiger partial charge in [0, 0.05) is 22.0 Å². The van der Waals surface area contributed by atoms with Crippen molar-refractivity contribution in [3.8, 4) is 0 Å². The lowest BCUT2D eigenvalue weighted by molar-refractivity contribution is -0.0764. The fraction of sp³-hybridized carbons (Fsp3) is 0.500. The van der Waals surface area contributed by atoms with Gasteiger partial charge in [-0.1, -0.05) is 15.9 Å². The van der Waals surface area contributed by atoms with Crippen molar-refractivity contribution in [2.75, 3.05) is 18.8 Å². The van der Waals surface area contributed by atoms with Gasteiger partial charge in [-0.3, -0.25) is 0 Å². The summed E-state index contributed by atoms with van der Waals surface area (Å²) in [4.78, 5) is 0.0681. The zero-order valence-electron chi connectivity index (χ0n) is 10.5. The Morgan fingerprint density at radius 2 is 1.90 bits per heavy atom. The van der Waals surface area contributed by atoms with E-state index in [0.29, 0.717) is 8.95 Å². The van der Waals surface area contributed by atoms with Gasteiger partial charge in [-0.05, 0) is 46.8 Å². The minimum absolute atomic E-state index is 0.0681. The normalized spacial score (nSPS) is 22.6. The standard InChI is InChI=1S/C12H14Br2N2O3S/c13-8-3-9(14)11(10(15)4-8)20(18,19)16-5-12(17,6-16)7-1-2-7/h3-4,7,17H,1-2,5-6,15H2. The van der Waals surface area contributed by atoms with Crippen LogP contribution in [-0.2, 0) is 10.0 Å². The number of rotatable bonds is 3. The molecule has 1 aromatic rings. The van der Waals surface area contributed by atoms with Crippen molar-refractivity contribution < 1.29 is 13.5 Å². The van der Waals surface area contributed by atoms with Gasteiger partial charge in [0.2, 0.25) is 10.0 Å². The summed E-state index contributed by atoms with van der Waals surface area (Å²) in [5, 5.41) is 10.3. The van der Waals surface area contributed by atoms with Crippen molar-refractivity contribution in [3.05, 3.63) is 21.1 Å². The molecule has 0 amide bonds. The number of nitrogens with zero attached hydrogens (tertiary/aromatic N) is 1. The lowest BCUT2D eigenvalue weighted by atomic mass is 9.91. The zero-order valence-corrected chi connectivity index (χ0v) is 14.5. The average molecular weight is 426 g/mol. The van der Waals surface area contributed by atoms with E-state index in [-0.39, 0.29) is 29.6 Å². The summed E-state index contributed by atoms with van der Waals surface area (Å²) in [7, 11) is -3.68. The molecule has 110 valence electrons. The Bertz CT molecular complexity index is 644. The number of benzene rings is 1. The largest absolute Gasteiger partial charge is 0.398 e. The minimum Gasteiger partial charge on any atom is -0.398 e. The van der Waals surface area contributed by atoms with Crippen LogP contribution in [-0.4, -0.2) is 36.5 Å². The van der Waals surface area contributed by atoms with Crippen molar-refractivity contribution >= 4 is 47.6 Å². The van der Waals surface area contributed by atoms with E-state index in [1.807, 2.05) is 0 Å². The monoisotopic (exact) mass is 424 g/mol. The van der Waals surface area contributed by atoms with Crippen LogP contribution in [0, 0.1) is 5.92 Å². The fourth-order valence-electron chi connectivity index (χ4n) is 2.59. The molecule has 2 aliphatic rings. The zero-order chi connectivity index (χ0) is 14.7. The summed E-state index contributed by atoms with van der Waals surface area (Å²) >= 11 is 6.52.